The van der Waals surface area contributed by atoms with Gasteiger partial charge in [0.1, 0.15) is 0 Å². The van der Waals surface area contributed by atoms with Crippen molar-refractivity contribution >= 4 is 5.97 Å². The van der Waals surface area contributed by atoms with Gasteiger partial charge in [-0.15, -0.1) is 0 Å². The van der Waals surface area contributed by atoms with Gasteiger partial charge >= 0.3 is 5.97 Å². The van der Waals surface area contributed by atoms with Crippen LogP contribution in [0.4, 0.5) is 0 Å². The summed E-state index contributed by atoms with van der Waals surface area (Å²) in [6.45, 7) is 9.02. The second kappa shape index (κ2) is 4.40. The Morgan fingerprint density at radius 2 is 2.11 bits per heavy atom. The minimum absolute atomic E-state index is 0.156. The molecular formula is C16H26O2. The van der Waals surface area contributed by atoms with E-state index in [2.05, 4.69) is 33.8 Å². The maximum absolute atomic E-state index is 11.3. The molecule has 3 atom stereocenters. The Bertz CT molecular complexity index is 381. The molecule has 0 saturated heterocycles. The molecule has 18 heavy (non-hydrogen) atoms. The van der Waals surface area contributed by atoms with Crippen LogP contribution in [0.3, 0.4) is 0 Å². The number of hydrogen-bond acceptors (Lipinski definition) is 1. The second-order valence-corrected chi connectivity index (χ2v) is 7.20. The average Bonchev–Trinajstić information content (AvgIpc) is 2.48. The highest BCUT2D eigenvalue weighted by Gasteiger charge is 2.53. The fourth-order valence-corrected chi connectivity index (χ4v) is 4.74. The van der Waals surface area contributed by atoms with Crippen molar-refractivity contribution in [2.75, 3.05) is 0 Å². The summed E-state index contributed by atoms with van der Waals surface area (Å²) in [7, 11) is 0. The molecule has 0 aromatic heterocycles. The van der Waals surface area contributed by atoms with Crippen molar-refractivity contribution < 1.29 is 9.90 Å². The Morgan fingerprint density at radius 1 is 1.44 bits per heavy atom. The lowest BCUT2D eigenvalue weighted by Gasteiger charge is -2.53. The summed E-state index contributed by atoms with van der Waals surface area (Å²) in [5.41, 5.74) is 1.82. The van der Waals surface area contributed by atoms with Gasteiger partial charge in [-0.2, -0.15) is 0 Å². The Kier molecular flexibility index (Phi) is 3.33. The predicted molar refractivity (Wildman–Crippen MR) is 73.3 cm³/mol. The van der Waals surface area contributed by atoms with E-state index in [1.807, 2.05) is 0 Å². The summed E-state index contributed by atoms with van der Waals surface area (Å²) >= 11 is 0. The number of carbonyl (C=O) groups is 1. The van der Waals surface area contributed by atoms with Crippen molar-refractivity contribution in [3.8, 4) is 0 Å². The summed E-state index contributed by atoms with van der Waals surface area (Å²) in [5.74, 6) is 0.201. The van der Waals surface area contributed by atoms with Crippen LogP contribution in [0.15, 0.2) is 11.6 Å². The predicted octanol–water partition coefficient (Wildman–Crippen LogP) is 4.26. The van der Waals surface area contributed by atoms with Crippen LogP contribution in [0.25, 0.3) is 0 Å². The van der Waals surface area contributed by atoms with Crippen molar-refractivity contribution in [1.29, 1.82) is 0 Å². The van der Waals surface area contributed by atoms with Gasteiger partial charge in [0.25, 0.3) is 0 Å². The lowest BCUT2D eigenvalue weighted by atomic mass is 9.51. The van der Waals surface area contributed by atoms with Crippen LogP contribution in [-0.2, 0) is 4.79 Å². The molecular weight excluding hydrogens is 224 g/mol. The van der Waals surface area contributed by atoms with E-state index in [-0.39, 0.29) is 10.8 Å². The highest BCUT2D eigenvalue weighted by Crippen LogP contribution is 2.61. The molecule has 1 saturated carbocycles. The molecule has 0 radical (unpaired) electrons. The molecule has 0 bridgehead atoms. The summed E-state index contributed by atoms with van der Waals surface area (Å²) in [4.78, 5) is 11.3. The van der Waals surface area contributed by atoms with E-state index in [4.69, 9.17) is 0 Å². The number of allylic oxidation sites excluding steroid dienone is 2. The van der Waals surface area contributed by atoms with Gasteiger partial charge < -0.3 is 5.11 Å². The molecule has 1 spiro atoms. The highest BCUT2D eigenvalue weighted by molar-refractivity contribution is 5.67. The Labute approximate surface area is 110 Å². The molecule has 2 nitrogen and oxygen atoms in total. The van der Waals surface area contributed by atoms with Crippen molar-refractivity contribution in [3.05, 3.63) is 11.6 Å². The molecule has 1 fully saturated rings. The first-order valence-corrected chi connectivity index (χ1v) is 7.17. The summed E-state index contributed by atoms with van der Waals surface area (Å²) in [5, 5.41) is 9.28. The molecule has 2 rings (SSSR count). The largest absolute Gasteiger partial charge is 0.481 e. The van der Waals surface area contributed by atoms with Gasteiger partial charge in [-0.1, -0.05) is 38.8 Å². The molecule has 0 heterocycles. The maximum Gasteiger partial charge on any atom is 0.303 e. The summed E-state index contributed by atoms with van der Waals surface area (Å²) < 4.78 is 0. The van der Waals surface area contributed by atoms with Gasteiger partial charge in [-0.25, -0.2) is 0 Å². The number of hydrogen-bond donors (Lipinski definition) is 1. The zero-order valence-electron chi connectivity index (χ0n) is 12.1. The minimum Gasteiger partial charge on any atom is -0.481 e. The first-order chi connectivity index (χ1) is 8.28. The summed E-state index contributed by atoms with van der Waals surface area (Å²) in [6, 6.07) is 0. The molecule has 0 aromatic rings. The van der Waals surface area contributed by atoms with Gasteiger partial charge in [0, 0.05) is 6.42 Å². The number of carboxylic acid groups (broad SMARTS) is 1. The third-order valence-corrected chi connectivity index (χ3v) is 5.53. The standard InChI is InChI=1S/C16H26O2/c1-11-8-12(2)16(10-11)7-5-6-15(3,4)13(16)9-14(17)18/h8,12-13H,5-7,9-10H2,1-4H3,(H,17,18). The maximum atomic E-state index is 11.3. The highest BCUT2D eigenvalue weighted by atomic mass is 16.4. The monoisotopic (exact) mass is 250 g/mol. The average molecular weight is 250 g/mol. The van der Waals surface area contributed by atoms with E-state index in [1.54, 1.807) is 0 Å². The van der Waals surface area contributed by atoms with Crippen LogP contribution in [0.2, 0.25) is 0 Å². The van der Waals surface area contributed by atoms with Crippen molar-refractivity contribution in [1.82, 2.24) is 0 Å². The zero-order valence-corrected chi connectivity index (χ0v) is 12.1. The van der Waals surface area contributed by atoms with Crippen LogP contribution in [0, 0.1) is 22.7 Å². The molecule has 0 aromatic carbocycles. The topological polar surface area (TPSA) is 37.3 Å². The van der Waals surface area contributed by atoms with E-state index in [0.29, 0.717) is 18.3 Å². The molecule has 3 unspecified atom stereocenters. The first kappa shape index (κ1) is 13.6. The van der Waals surface area contributed by atoms with E-state index < -0.39 is 5.97 Å². The van der Waals surface area contributed by atoms with Crippen LogP contribution >= 0.6 is 0 Å². The van der Waals surface area contributed by atoms with Gasteiger partial charge in [-0.05, 0) is 48.9 Å². The van der Waals surface area contributed by atoms with Crippen molar-refractivity contribution in [2.45, 2.75) is 59.8 Å². The number of rotatable bonds is 2. The fraction of sp³-hybridized carbons (Fsp3) is 0.812. The summed E-state index contributed by atoms with van der Waals surface area (Å²) in [6.07, 6.45) is 7.42. The molecule has 2 heteroatoms. The zero-order chi connectivity index (χ0) is 13.6. The fourth-order valence-electron chi connectivity index (χ4n) is 4.74. The molecule has 0 aliphatic heterocycles. The van der Waals surface area contributed by atoms with Gasteiger partial charge in [0.2, 0.25) is 0 Å². The molecule has 1 N–H and O–H groups in total. The normalized spacial score (nSPS) is 38.8. The molecule has 2 aliphatic rings. The first-order valence-electron chi connectivity index (χ1n) is 7.17. The minimum atomic E-state index is -0.633. The smallest absolute Gasteiger partial charge is 0.303 e. The Hall–Kier alpha value is -0.790. The lowest BCUT2D eigenvalue weighted by Crippen LogP contribution is -2.46. The molecule has 2 aliphatic carbocycles. The van der Waals surface area contributed by atoms with E-state index in [0.717, 1.165) is 6.42 Å². The Balaban J connectivity index is 2.35. The van der Waals surface area contributed by atoms with Gasteiger partial charge in [-0.3, -0.25) is 4.79 Å². The van der Waals surface area contributed by atoms with Crippen molar-refractivity contribution in [3.63, 3.8) is 0 Å². The van der Waals surface area contributed by atoms with Gasteiger partial charge in [0.15, 0.2) is 0 Å². The quantitative estimate of drug-likeness (QED) is 0.743. The van der Waals surface area contributed by atoms with E-state index in [9.17, 15) is 9.90 Å². The lowest BCUT2D eigenvalue weighted by molar-refractivity contribution is -0.143. The van der Waals surface area contributed by atoms with Crippen LogP contribution in [-0.4, -0.2) is 11.1 Å². The molecule has 102 valence electrons. The van der Waals surface area contributed by atoms with E-state index in [1.165, 1.54) is 24.8 Å². The van der Waals surface area contributed by atoms with E-state index >= 15 is 0 Å². The number of aliphatic carboxylic acids is 1. The van der Waals surface area contributed by atoms with Crippen molar-refractivity contribution in [2.24, 2.45) is 22.7 Å². The second-order valence-electron chi connectivity index (χ2n) is 7.20. The SMILES string of the molecule is CC1=CC(C)C2(CCCC(C)(C)C2CC(=O)O)C1. The molecule has 0 amide bonds. The third kappa shape index (κ3) is 2.10. The van der Waals surface area contributed by atoms with Crippen LogP contribution in [0.5, 0.6) is 0 Å². The third-order valence-electron chi connectivity index (χ3n) is 5.53. The van der Waals surface area contributed by atoms with Crippen LogP contribution in [0.1, 0.15) is 59.8 Å². The van der Waals surface area contributed by atoms with Crippen LogP contribution < -0.4 is 0 Å². The Morgan fingerprint density at radius 3 is 2.61 bits per heavy atom. The van der Waals surface area contributed by atoms with Gasteiger partial charge in [0.05, 0.1) is 0 Å². The number of carboxylic acids is 1.